The first kappa shape index (κ1) is 26.2. The number of anilines is 3. The van der Waals surface area contributed by atoms with Gasteiger partial charge in [0, 0.05) is 51.9 Å². The summed E-state index contributed by atoms with van der Waals surface area (Å²) in [4.78, 5) is 26.1. The highest BCUT2D eigenvalue weighted by Gasteiger charge is 2.36. The van der Waals surface area contributed by atoms with Crippen molar-refractivity contribution in [2.24, 2.45) is 7.05 Å². The van der Waals surface area contributed by atoms with E-state index in [2.05, 4.69) is 21.0 Å². The largest absolute Gasteiger partial charge is 0.416 e. The fourth-order valence-corrected chi connectivity index (χ4v) is 4.54. The molecule has 3 N–H and O–H groups in total. The first-order valence-corrected chi connectivity index (χ1v) is 11.7. The van der Waals surface area contributed by atoms with E-state index in [0.29, 0.717) is 23.5 Å². The number of fused-ring (bicyclic) bond motifs is 1. The van der Waals surface area contributed by atoms with Crippen LogP contribution in [0.5, 0.6) is 0 Å². The maximum Gasteiger partial charge on any atom is 0.416 e. The van der Waals surface area contributed by atoms with E-state index >= 15 is 0 Å². The van der Waals surface area contributed by atoms with Crippen LogP contribution in [0.15, 0.2) is 60.9 Å². The van der Waals surface area contributed by atoms with Crippen LogP contribution < -0.4 is 16.0 Å². The highest BCUT2D eigenvalue weighted by atomic mass is 35.5. The van der Waals surface area contributed by atoms with Crippen LogP contribution >= 0.6 is 11.6 Å². The second-order valence-electron chi connectivity index (χ2n) is 8.77. The molecule has 200 valence electrons. The van der Waals surface area contributed by atoms with Crippen LogP contribution in [0.3, 0.4) is 0 Å². The Morgan fingerprint density at radius 1 is 1.05 bits per heavy atom. The number of carbonyl (C=O) groups excluding carboxylic acids is 2. The molecular formula is C26H17ClF5N5O2. The summed E-state index contributed by atoms with van der Waals surface area (Å²) < 4.78 is 69.3. The highest BCUT2D eigenvalue weighted by Crippen LogP contribution is 2.41. The van der Waals surface area contributed by atoms with Crippen molar-refractivity contribution in [3.8, 4) is 0 Å². The number of nitrogens with zero attached hydrogens (tertiary/aromatic N) is 2. The van der Waals surface area contributed by atoms with Crippen LogP contribution in [0.25, 0.3) is 0 Å². The minimum absolute atomic E-state index is 0.00499. The van der Waals surface area contributed by atoms with E-state index in [0.717, 1.165) is 12.1 Å². The molecule has 4 aromatic rings. The maximum absolute atomic E-state index is 14.1. The van der Waals surface area contributed by atoms with E-state index < -0.39 is 46.8 Å². The second-order valence-corrected chi connectivity index (χ2v) is 9.17. The van der Waals surface area contributed by atoms with E-state index in [1.807, 2.05) is 0 Å². The van der Waals surface area contributed by atoms with E-state index in [1.165, 1.54) is 29.1 Å². The third-order valence-corrected chi connectivity index (χ3v) is 6.33. The van der Waals surface area contributed by atoms with Gasteiger partial charge >= 0.3 is 6.18 Å². The summed E-state index contributed by atoms with van der Waals surface area (Å²) in [6.45, 7) is 0. The molecule has 1 aliphatic heterocycles. The summed E-state index contributed by atoms with van der Waals surface area (Å²) in [6.07, 6.45) is -1.74. The van der Waals surface area contributed by atoms with Gasteiger partial charge in [0.15, 0.2) is 0 Å². The Morgan fingerprint density at radius 2 is 1.82 bits per heavy atom. The third kappa shape index (κ3) is 5.28. The van der Waals surface area contributed by atoms with E-state index in [4.69, 9.17) is 11.6 Å². The zero-order valence-electron chi connectivity index (χ0n) is 19.8. The average molecular weight is 562 g/mol. The van der Waals surface area contributed by atoms with Gasteiger partial charge in [0.1, 0.15) is 11.6 Å². The van der Waals surface area contributed by atoms with Gasteiger partial charge in [-0.05, 0) is 48.5 Å². The Labute approximate surface area is 222 Å². The third-order valence-electron chi connectivity index (χ3n) is 5.99. The van der Waals surface area contributed by atoms with Crippen LogP contribution in [0.4, 0.5) is 39.0 Å². The van der Waals surface area contributed by atoms with Gasteiger partial charge in [0.05, 0.1) is 23.5 Å². The summed E-state index contributed by atoms with van der Waals surface area (Å²) in [5.74, 6) is -3.51. The summed E-state index contributed by atoms with van der Waals surface area (Å²) in [6, 6.07) is 6.94. The molecule has 0 radical (unpaired) electrons. The Hall–Kier alpha value is -4.45. The lowest BCUT2D eigenvalue weighted by atomic mass is 9.95. The number of hydrogen-bond donors (Lipinski definition) is 3. The van der Waals surface area contributed by atoms with Gasteiger partial charge in [-0.25, -0.2) is 8.78 Å². The fourth-order valence-electron chi connectivity index (χ4n) is 4.31. The Kier molecular flexibility index (Phi) is 6.51. The van der Waals surface area contributed by atoms with Crippen LogP contribution in [0, 0.1) is 11.6 Å². The molecule has 0 aliphatic carbocycles. The van der Waals surface area contributed by atoms with Crippen molar-refractivity contribution in [3.05, 3.63) is 105 Å². The van der Waals surface area contributed by atoms with Crippen molar-refractivity contribution in [1.82, 2.24) is 15.1 Å². The van der Waals surface area contributed by atoms with Crippen LogP contribution in [-0.4, -0.2) is 21.6 Å². The van der Waals surface area contributed by atoms with Crippen molar-refractivity contribution >= 4 is 40.5 Å². The molecule has 0 fully saturated rings. The second kappa shape index (κ2) is 9.70. The first-order valence-electron chi connectivity index (χ1n) is 11.3. The molecule has 0 spiro atoms. The molecule has 13 heteroatoms. The molecular weight excluding hydrogens is 545 g/mol. The molecule has 1 aromatic heterocycles. The van der Waals surface area contributed by atoms with Crippen molar-refractivity contribution < 1.29 is 31.5 Å². The molecule has 2 heterocycles. The smallest absolute Gasteiger partial charge is 0.353 e. The number of aromatic nitrogens is 2. The SMILES string of the molecule is Cn1cc(Nc2cc(NC(=O)c3cc(F)cc(C(F)(F)F)c3)c3c(c2)C(=O)NC3c2cc(F)ccc2Cl)cn1. The summed E-state index contributed by atoms with van der Waals surface area (Å²) in [5.41, 5.74) is -0.579. The summed E-state index contributed by atoms with van der Waals surface area (Å²) in [7, 11) is 1.69. The monoisotopic (exact) mass is 561 g/mol. The van der Waals surface area contributed by atoms with E-state index in [9.17, 15) is 31.5 Å². The molecule has 7 nitrogen and oxygen atoms in total. The van der Waals surface area contributed by atoms with Gasteiger partial charge < -0.3 is 16.0 Å². The van der Waals surface area contributed by atoms with Crippen LogP contribution in [0.2, 0.25) is 5.02 Å². The Balaban J connectivity index is 1.62. The van der Waals surface area contributed by atoms with Crippen molar-refractivity contribution in [3.63, 3.8) is 0 Å². The quantitative estimate of drug-likeness (QED) is 0.253. The zero-order chi connectivity index (χ0) is 28.1. The van der Waals surface area contributed by atoms with Crippen LogP contribution in [-0.2, 0) is 13.2 Å². The highest BCUT2D eigenvalue weighted by molar-refractivity contribution is 6.31. The number of amides is 2. The maximum atomic E-state index is 14.1. The number of aryl methyl sites for hydroxylation is 1. The van der Waals surface area contributed by atoms with E-state index in [-0.39, 0.29) is 33.5 Å². The number of benzene rings is 3. The standard InChI is InChI=1S/C26H17ClF5N5O2/c1-37-11-17(10-33-37)34-16-8-19-22(23(36-25(19)39)18-7-14(28)2-3-20(18)27)21(9-16)35-24(38)12-4-13(26(30,31)32)6-15(29)5-12/h2-11,23,34H,1H3,(H,35,38)(H,36,39). The lowest BCUT2D eigenvalue weighted by Gasteiger charge is -2.19. The van der Waals surface area contributed by atoms with Gasteiger partial charge in [-0.2, -0.15) is 18.3 Å². The van der Waals surface area contributed by atoms with Crippen molar-refractivity contribution in [2.75, 3.05) is 10.6 Å². The van der Waals surface area contributed by atoms with Gasteiger partial charge in [-0.1, -0.05) is 11.6 Å². The Bertz CT molecular complexity index is 1640. The Morgan fingerprint density at radius 3 is 2.51 bits per heavy atom. The number of halogens is 6. The number of hydrogen-bond acceptors (Lipinski definition) is 4. The molecule has 2 amide bonds. The van der Waals surface area contributed by atoms with Gasteiger partial charge in [-0.3, -0.25) is 14.3 Å². The predicted molar refractivity (Wildman–Crippen MR) is 133 cm³/mol. The minimum Gasteiger partial charge on any atom is -0.353 e. The number of nitrogens with one attached hydrogen (secondary N) is 3. The van der Waals surface area contributed by atoms with Gasteiger partial charge in [0.2, 0.25) is 0 Å². The van der Waals surface area contributed by atoms with Crippen molar-refractivity contribution in [1.29, 1.82) is 0 Å². The molecule has 5 rings (SSSR count). The molecule has 3 aromatic carbocycles. The molecule has 39 heavy (non-hydrogen) atoms. The van der Waals surface area contributed by atoms with Crippen LogP contribution in [0.1, 0.15) is 43.4 Å². The number of alkyl halides is 3. The summed E-state index contributed by atoms with van der Waals surface area (Å²) in [5, 5.41) is 12.4. The van der Waals surface area contributed by atoms with Crippen molar-refractivity contribution in [2.45, 2.75) is 12.2 Å². The fraction of sp³-hybridized carbons (Fsp3) is 0.115. The molecule has 1 unspecified atom stereocenters. The molecule has 0 saturated heterocycles. The molecule has 0 bridgehead atoms. The lowest BCUT2D eigenvalue weighted by Crippen LogP contribution is -2.21. The minimum atomic E-state index is -4.89. The van der Waals surface area contributed by atoms with Gasteiger partial charge in [0.25, 0.3) is 11.8 Å². The average Bonchev–Trinajstić information content (AvgIpc) is 3.42. The number of carbonyl (C=O) groups is 2. The van der Waals surface area contributed by atoms with E-state index in [1.54, 1.807) is 13.2 Å². The van der Waals surface area contributed by atoms with Gasteiger partial charge in [-0.15, -0.1) is 0 Å². The number of rotatable bonds is 5. The lowest BCUT2D eigenvalue weighted by molar-refractivity contribution is -0.137. The molecule has 1 aliphatic rings. The molecule has 1 atom stereocenters. The topological polar surface area (TPSA) is 88.0 Å². The summed E-state index contributed by atoms with van der Waals surface area (Å²) >= 11 is 6.29. The molecule has 0 saturated carbocycles. The normalized spacial score (nSPS) is 14.6. The first-order chi connectivity index (χ1) is 18.4. The zero-order valence-corrected chi connectivity index (χ0v) is 20.6. The predicted octanol–water partition coefficient (Wildman–Crippen LogP) is 6.20.